The van der Waals surface area contributed by atoms with E-state index in [1.54, 1.807) is 12.1 Å². The Balaban J connectivity index is 1.53. The summed E-state index contributed by atoms with van der Waals surface area (Å²) in [6.45, 7) is 3.13. The molecule has 1 aliphatic heterocycles. The highest BCUT2D eigenvalue weighted by molar-refractivity contribution is 7.89. The number of nitrogens with zero attached hydrogens (tertiary/aromatic N) is 1. The molecule has 6 nitrogen and oxygen atoms in total. The smallest absolute Gasteiger partial charge is 0.240 e. The van der Waals surface area contributed by atoms with E-state index in [-0.39, 0.29) is 29.8 Å². The van der Waals surface area contributed by atoms with E-state index in [1.807, 2.05) is 36.1 Å². The third-order valence-corrected chi connectivity index (χ3v) is 7.03. The number of hydrogen-bond donors (Lipinski definition) is 1. The van der Waals surface area contributed by atoms with E-state index < -0.39 is 10.0 Å². The van der Waals surface area contributed by atoms with Gasteiger partial charge in [-0.2, -0.15) is 0 Å². The Hall–Kier alpha value is -2.09. The normalized spacial score (nSPS) is 16.6. The molecule has 8 heteroatoms. The first-order valence-electron chi connectivity index (χ1n) is 10.2. The summed E-state index contributed by atoms with van der Waals surface area (Å²) in [6.07, 6.45) is 2.70. The van der Waals surface area contributed by atoms with Crippen LogP contribution in [0.25, 0.3) is 0 Å². The average Bonchev–Trinajstić information content (AvgIpc) is 3.18. The zero-order valence-electron chi connectivity index (χ0n) is 17.0. The van der Waals surface area contributed by atoms with E-state index in [0.29, 0.717) is 30.3 Å². The van der Waals surface area contributed by atoms with Crippen LogP contribution in [0.1, 0.15) is 31.7 Å². The van der Waals surface area contributed by atoms with E-state index in [2.05, 4.69) is 4.72 Å². The summed E-state index contributed by atoms with van der Waals surface area (Å²) >= 11 is 6.26. The van der Waals surface area contributed by atoms with Crippen molar-refractivity contribution < 1.29 is 17.9 Å². The molecule has 1 aliphatic rings. The van der Waals surface area contributed by atoms with Crippen LogP contribution < -0.4 is 9.46 Å². The van der Waals surface area contributed by atoms with Gasteiger partial charge in [-0.25, -0.2) is 13.1 Å². The summed E-state index contributed by atoms with van der Waals surface area (Å²) in [6, 6.07) is 14.0. The number of hydrogen-bond acceptors (Lipinski definition) is 4. The maximum Gasteiger partial charge on any atom is 0.240 e. The van der Waals surface area contributed by atoms with Gasteiger partial charge in [-0.05, 0) is 62.1 Å². The highest BCUT2D eigenvalue weighted by atomic mass is 35.5. The highest BCUT2D eigenvalue weighted by Crippen LogP contribution is 2.25. The molecular formula is C22H27ClN2O4S. The van der Waals surface area contributed by atoms with Crippen LogP contribution in [0.3, 0.4) is 0 Å². The molecule has 1 heterocycles. The van der Waals surface area contributed by atoms with Gasteiger partial charge in [0.2, 0.25) is 15.9 Å². The molecule has 1 unspecified atom stereocenters. The van der Waals surface area contributed by atoms with Crippen LogP contribution in [0.5, 0.6) is 5.75 Å². The number of halogens is 1. The van der Waals surface area contributed by atoms with Crippen molar-refractivity contribution in [1.29, 1.82) is 0 Å². The second kappa shape index (κ2) is 10.3. The van der Waals surface area contributed by atoms with Gasteiger partial charge < -0.3 is 9.64 Å². The van der Waals surface area contributed by atoms with Crippen LogP contribution in [0.2, 0.25) is 5.02 Å². The van der Waals surface area contributed by atoms with Gasteiger partial charge in [-0.1, -0.05) is 29.8 Å². The molecule has 1 fully saturated rings. The quantitative estimate of drug-likeness (QED) is 0.632. The van der Waals surface area contributed by atoms with E-state index >= 15 is 0 Å². The zero-order chi connectivity index (χ0) is 21.6. The van der Waals surface area contributed by atoms with Crippen LogP contribution in [-0.2, 0) is 21.2 Å². The number of carbonyl (C=O) groups is 1. The molecule has 30 heavy (non-hydrogen) atoms. The number of amides is 1. The van der Waals surface area contributed by atoms with Crippen molar-refractivity contribution in [3.05, 3.63) is 59.1 Å². The molecule has 0 saturated carbocycles. The van der Waals surface area contributed by atoms with Crippen molar-refractivity contribution in [2.24, 2.45) is 0 Å². The minimum Gasteiger partial charge on any atom is -0.494 e. The van der Waals surface area contributed by atoms with E-state index in [1.165, 1.54) is 12.1 Å². The lowest BCUT2D eigenvalue weighted by Crippen LogP contribution is -2.38. The molecule has 1 amide bonds. The minimum atomic E-state index is -3.67. The van der Waals surface area contributed by atoms with Crippen molar-refractivity contribution in [3.63, 3.8) is 0 Å². The Morgan fingerprint density at radius 1 is 1.20 bits per heavy atom. The molecule has 0 aromatic heterocycles. The second-order valence-corrected chi connectivity index (χ2v) is 9.41. The zero-order valence-corrected chi connectivity index (χ0v) is 18.6. The molecule has 3 rings (SSSR count). The molecule has 0 radical (unpaired) electrons. The fourth-order valence-corrected chi connectivity index (χ4v) is 4.94. The van der Waals surface area contributed by atoms with Gasteiger partial charge in [0.15, 0.2) is 0 Å². The standard InChI is InChI=1S/C22H27ClN2O4S/c1-2-29-19-9-11-20(12-10-19)30(27,28)24-14-13-22(26)25-15-5-7-18(25)16-17-6-3-4-8-21(17)23/h3-4,6,8-12,18,24H,2,5,7,13-16H2,1H3. The molecule has 0 spiro atoms. The molecule has 1 N–H and O–H groups in total. The van der Waals surface area contributed by atoms with E-state index in [9.17, 15) is 13.2 Å². The molecule has 162 valence electrons. The first-order valence-corrected chi connectivity index (χ1v) is 12.0. The van der Waals surface area contributed by atoms with Crippen LogP contribution in [0.4, 0.5) is 0 Å². The van der Waals surface area contributed by atoms with Gasteiger partial charge >= 0.3 is 0 Å². The van der Waals surface area contributed by atoms with Gasteiger partial charge in [0.25, 0.3) is 0 Å². The number of benzene rings is 2. The third-order valence-electron chi connectivity index (χ3n) is 5.19. The van der Waals surface area contributed by atoms with Crippen LogP contribution >= 0.6 is 11.6 Å². The van der Waals surface area contributed by atoms with E-state index in [0.717, 1.165) is 18.4 Å². The first-order chi connectivity index (χ1) is 14.4. The lowest BCUT2D eigenvalue weighted by molar-refractivity contribution is -0.131. The van der Waals surface area contributed by atoms with Gasteiger partial charge in [-0.3, -0.25) is 4.79 Å². The van der Waals surface area contributed by atoms with Crippen molar-refractivity contribution >= 4 is 27.5 Å². The molecule has 1 saturated heterocycles. The van der Waals surface area contributed by atoms with Crippen molar-refractivity contribution in [2.45, 2.75) is 43.5 Å². The summed E-state index contributed by atoms with van der Waals surface area (Å²) < 4.78 is 32.8. The molecule has 0 aliphatic carbocycles. The number of ether oxygens (including phenoxy) is 1. The first kappa shape index (κ1) is 22.6. The number of rotatable bonds is 9. The molecule has 0 bridgehead atoms. The average molecular weight is 451 g/mol. The Bertz CT molecular complexity index is 963. The van der Waals surface area contributed by atoms with Crippen LogP contribution in [0.15, 0.2) is 53.4 Å². The van der Waals surface area contributed by atoms with Crippen LogP contribution in [-0.4, -0.2) is 45.0 Å². The molecule has 2 aromatic rings. The van der Waals surface area contributed by atoms with Crippen molar-refractivity contribution in [3.8, 4) is 5.75 Å². The summed E-state index contributed by atoms with van der Waals surface area (Å²) in [5.41, 5.74) is 1.03. The number of nitrogens with one attached hydrogen (secondary N) is 1. The summed E-state index contributed by atoms with van der Waals surface area (Å²) in [7, 11) is -3.67. The predicted octanol–water partition coefficient (Wildman–Crippen LogP) is 3.64. The highest BCUT2D eigenvalue weighted by Gasteiger charge is 2.29. The van der Waals surface area contributed by atoms with Gasteiger partial charge in [0.05, 0.1) is 11.5 Å². The Morgan fingerprint density at radius 3 is 2.63 bits per heavy atom. The van der Waals surface area contributed by atoms with Crippen molar-refractivity contribution in [2.75, 3.05) is 19.7 Å². The number of likely N-dealkylation sites (tertiary alicyclic amines) is 1. The molecule has 2 aromatic carbocycles. The topological polar surface area (TPSA) is 75.7 Å². The minimum absolute atomic E-state index is 0.0426. The third kappa shape index (κ3) is 5.74. The molecular weight excluding hydrogens is 424 g/mol. The number of carbonyl (C=O) groups excluding carboxylic acids is 1. The Morgan fingerprint density at radius 2 is 1.93 bits per heavy atom. The fourth-order valence-electron chi connectivity index (χ4n) is 3.70. The summed E-state index contributed by atoms with van der Waals surface area (Å²) in [5, 5.41) is 0.708. The second-order valence-electron chi connectivity index (χ2n) is 7.23. The van der Waals surface area contributed by atoms with Gasteiger partial charge in [0, 0.05) is 30.6 Å². The number of sulfonamides is 1. The molecule has 1 atom stereocenters. The predicted molar refractivity (Wildman–Crippen MR) is 117 cm³/mol. The maximum atomic E-state index is 12.7. The Kier molecular flexibility index (Phi) is 7.75. The largest absolute Gasteiger partial charge is 0.494 e. The fraction of sp³-hybridized carbons (Fsp3) is 0.409. The summed E-state index contributed by atoms with van der Waals surface area (Å²) in [4.78, 5) is 14.7. The van der Waals surface area contributed by atoms with Gasteiger partial charge in [-0.15, -0.1) is 0 Å². The maximum absolute atomic E-state index is 12.7. The lowest BCUT2D eigenvalue weighted by Gasteiger charge is -2.25. The lowest BCUT2D eigenvalue weighted by atomic mass is 10.0. The van der Waals surface area contributed by atoms with E-state index in [4.69, 9.17) is 16.3 Å². The summed E-state index contributed by atoms with van der Waals surface area (Å²) in [5.74, 6) is 0.573. The van der Waals surface area contributed by atoms with Crippen molar-refractivity contribution in [1.82, 2.24) is 9.62 Å². The Labute approximate surface area is 183 Å². The van der Waals surface area contributed by atoms with Gasteiger partial charge in [0.1, 0.15) is 5.75 Å². The SMILES string of the molecule is CCOc1ccc(S(=O)(=O)NCCC(=O)N2CCCC2Cc2ccccc2Cl)cc1. The van der Waals surface area contributed by atoms with Crippen LogP contribution in [0, 0.1) is 0 Å². The monoisotopic (exact) mass is 450 g/mol.